The van der Waals surface area contributed by atoms with Gasteiger partial charge < -0.3 is 14.9 Å². The first kappa shape index (κ1) is 15.2. The standard InChI is InChI=1S/C21H28O4/c22-18(23)16-12-1-2-13(4-12)17(16)19(24)25-10-20-6-11-3-14-5-15(8-20)21(14,7-11)9-20/h1-2,11-18,22-23H,3-10H2. The van der Waals surface area contributed by atoms with E-state index in [4.69, 9.17) is 4.74 Å². The predicted molar refractivity (Wildman–Crippen MR) is 89.9 cm³/mol. The molecule has 0 heterocycles. The lowest BCUT2D eigenvalue weighted by atomic mass is 9.55. The van der Waals surface area contributed by atoms with Gasteiger partial charge in [0.05, 0.1) is 12.5 Å². The molecule has 0 radical (unpaired) electrons. The van der Waals surface area contributed by atoms with Gasteiger partial charge in [-0.15, -0.1) is 0 Å². The summed E-state index contributed by atoms with van der Waals surface area (Å²) >= 11 is 0. The Kier molecular flexibility index (Phi) is 2.86. The van der Waals surface area contributed by atoms with Gasteiger partial charge in [0, 0.05) is 11.3 Å². The van der Waals surface area contributed by atoms with Crippen molar-refractivity contribution in [1.82, 2.24) is 0 Å². The number of fused-ring (bicyclic) bond motifs is 4. The van der Waals surface area contributed by atoms with Gasteiger partial charge in [-0.25, -0.2) is 0 Å². The summed E-state index contributed by atoms with van der Waals surface area (Å²) in [4.78, 5) is 12.9. The third-order valence-electron chi connectivity index (χ3n) is 9.24. The lowest BCUT2D eigenvalue weighted by Gasteiger charge is -2.49. The van der Waals surface area contributed by atoms with Crippen LogP contribution in [0.25, 0.3) is 0 Å². The smallest absolute Gasteiger partial charge is 0.310 e. The fourth-order valence-electron chi connectivity index (χ4n) is 8.63. The highest BCUT2D eigenvalue weighted by atomic mass is 16.5. The number of aliphatic hydroxyl groups is 2. The molecule has 0 amide bonds. The molecule has 5 fully saturated rings. The number of ether oxygens (including phenoxy) is 1. The summed E-state index contributed by atoms with van der Waals surface area (Å²) in [6, 6.07) is 0. The molecule has 5 bridgehead atoms. The summed E-state index contributed by atoms with van der Waals surface area (Å²) in [6.45, 7) is 0.569. The van der Waals surface area contributed by atoms with Crippen LogP contribution in [0.15, 0.2) is 12.2 Å². The minimum absolute atomic E-state index is 0.119. The van der Waals surface area contributed by atoms with Gasteiger partial charge in [-0.05, 0) is 80.0 Å². The van der Waals surface area contributed by atoms with Crippen molar-refractivity contribution in [2.45, 2.75) is 51.2 Å². The minimum Gasteiger partial charge on any atom is -0.465 e. The van der Waals surface area contributed by atoms with Crippen molar-refractivity contribution < 1.29 is 19.7 Å². The lowest BCUT2D eigenvalue weighted by Crippen LogP contribution is -2.42. The molecule has 6 aliphatic rings. The summed E-state index contributed by atoms with van der Waals surface area (Å²) in [5.74, 6) is 2.03. The van der Waals surface area contributed by atoms with Gasteiger partial charge in [-0.2, -0.15) is 0 Å². The number of carbonyl (C=O) groups is 1. The number of esters is 1. The topological polar surface area (TPSA) is 66.8 Å². The largest absolute Gasteiger partial charge is 0.465 e. The highest BCUT2D eigenvalue weighted by molar-refractivity contribution is 5.74. The first-order chi connectivity index (χ1) is 12.0. The summed E-state index contributed by atoms with van der Waals surface area (Å²) in [5, 5.41) is 19.5. The normalized spacial score (nSPS) is 56.5. The Labute approximate surface area is 148 Å². The Hall–Kier alpha value is -0.870. The van der Waals surface area contributed by atoms with Crippen LogP contribution < -0.4 is 0 Å². The average Bonchev–Trinajstić information content (AvgIpc) is 3.26. The monoisotopic (exact) mass is 344 g/mol. The third kappa shape index (κ3) is 1.83. The summed E-state index contributed by atoms with van der Waals surface area (Å²) in [7, 11) is 0. The molecule has 0 aliphatic heterocycles. The Bertz CT molecular complexity index is 652. The molecule has 5 saturated carbocycles. The fourth-order valence-corrected chi connectivity index (χ4v) is 8.63. The molecule has 9 unspecified atom stereocenters. The quantitative estimate of drug-likeness (QED) is 0.467. The highest BCUT2D eigenvalue weighted by Gasteiger charge is 2.71. The number of aliphatic hydroxyl groups excluding tert-OH is 1. The first-order valence-corrected chi connectivity index (χ1v) is 10.2. The molecule has 0 aromatic rings. The zero-order valence-corrected chi connectivity index (χ0v) is 14.6. The van der Waals surface area contributed by atoms with Gasteiger partial charge in [0.15, 0.2) is 6.29 Å². The van der Waals surface area contributed by atoms with E-state index in [9.17, 15) is 15.0 Å². The molecule has 4 heteroatoms. The van der Waals surface area contributed by atoms with Crippen LogP contribution in [-0.2, 0) is 9.53 Å². The van der Waals surface area contributed by atoms with Crippen molar-refractivity contribution in [2.75, 3.05) is 6.61 Å². The van der Waals surface area contributed by atoms with E-state index in [1.165, 1.54) is 38.5 Å². The molecule has 6 aliphatic carbocycles. The van der Waals surface area contributed by atoms with Crippen LogP contribution in [0.1, 0.15) is 44.9 Å². The molecule has 2 N–H and O–H groups in total. The summed E-state index contributed by atoms with van der Waals surface area (Å²) in [6.07, 6.45) is 11.6. The van der Waals surface area contributed by atoms with Crippen molar-refractivity contribution in [3.63, 3.8) is 0 Å². The van der Waals surface area contributed by atoms with Crippen LogP contribution in [0.3, 0.4) is 0 Å². The van der Waals surface area contributed by atoms with E-state index in [2.05, 4.69) is 6.08 Å². The molecule has 4 nitrogen and oxygen atoms in total. The Balaban J connectivity index is 1.18. The minimum atomic E-state index is -1.43. The second kappa shape index (κ2) is 4.69. The molecule has 6 rings (SSSR count). The van der Waals surface area contributed by atoms with Gasteiger partial charge in [0.2, 0.25) is 0 Å². The zero-order valence-electron chi connectivity index (χ0n) is 14.6. The van der Waals surface area contributed by atoms with Crippen molar-refractivity contribution >= 4 is 5.97 Å². The molecule has 0 aromatic carbocycles. The molecule has 0 saturated heterocycles. The van der Waals surface area contributed by atoms with Crippen LogP contribution in [0.4, 0.5) is 0 Å². The molecule has 1 spiro atoms. The lowest BCUT2D eigenvalue weighted by molar-refractivity contribution is -0.165. The number of hydrogen-bond acceptors (Lipinski definition) is 4. The SMILES string of the molecule is O=C(OCC12CC3CC4CC(C1)C4(C3)C2)C1C2C=CC(C2)C1C(O)O. The van der Waals surface area contributed by atoms with Gasteiger partial charge in [-0.1, -0.05) is 12.2 Å². The summed E-state index contributed by atoms with van der Waals surface area (Å²) in [5.41, 5.74) is 0.851. The van der Waals surface area contributed by atoms with E-state index in [0.29, 0.717) is 12.0 Å². The van der Waals surface area contributed by atoms with E-state index in [-0.39, 0.29) is 35.1 Å². The van der Waals surface area contributed by atoms with Crippen molar-refractivity contribution in [1.29, 1.82) is 0 Å². The van der Waals surface area contributed by atoms with Gasteiger partial charge in [0.1, 0.15) is 0 Å². The zero-order chi connectivity index (χ0) is 17.0. The van der Waals surface area contributed by atoms with Crippen LogP contribution in [0, 0.1) is 52.3 Å². The predicted octanol–water partition coefficient (Wildman–Crippen LogP) is 2.50. The first-order valence-electron chi connectivity index (χ1n) is 10.2. The van der Waals surface area contributed by atoms with Crippen LogP contribution in [-0.4, -0.2) is 29.1 Å². The molecular weight excluding hydrogens is 316 g/mol. The number of allylic oxidation sites excluding steroid dienone is 2. The Morgan fingerprint density at radius 1 is 1.08 bits per heavy atom. The van der Waals surface area contributed by atoms with Crippen molar-refractivity contribution in [2.24, 2.45) is 52.3 Å². The maximum Gasteiger partial charge on any atom is 0.310 e. The van der Waals surface area contributed by atoms with Crippen LogP contribution in [0.5, 0.6) is 0 Å². The second-order valence-corrected chi connectivity index (χ2v) is 10.3. The molecule has 0 aromatic heterocycles. The number of hydrogen-bond donors (Lipinski definition) is 2. The van der Waals surface area contributed by atoms with Gasteiger partial charge in [-0.3, -0.25) is 4.79 Å². The van der Waals surface area contributed by atoms with Crippen molar-refractivity contribution in [3.05, 3.63) is 12.2 Å². The van der Waals surface area contributed by atoms with E-state index in [1.54, 1.807) is 0 Å². The average molecular weight is 344 g/mol. The van der Waals surface area contributed by atoms with Crippen LogP contribution in [0.2, 0.25) is 0 Å². The summed E-state index contributed by atoms with van der Waals surface area (Å²) < 4.78 is 5.91. The second-order valence-electron chi connectivity index (χ2n) is 10.3. The maximum absolute atomic E-state index is 12.9. The van der Waals surface area contributed by atoms with Crippen LogP contribution >= 0.6 is 0 Å². The molecular formula is C21H28O4. The number of carbonyl (C=O) groups excluding carboxylic acids is 1. The van der Waals surface area contributed by atoms with Gasteiger partial charge in [0.25, 0.3) is 0 Å². The highest BCUT2D eigenvalue weighted by Crippen LogP contribution is 2.78. The maximum atomic E-state index is 12.9. The fraction of sp³-hybridized carbons (Fsp3) is 0.857. The molecule has 136 valence electrons. The number of rotatable bonds is 4. The third-order valence-corrected chi connectivity index (χ3v) is 9.24. The van der Waals surface area contributed by atoms with E-state index >= 15 is 0 Å². The molecule has 25 heavy (non-hydrogen) atoms. The van der Waals surface area contributed by atoms with E-state index in [0.717, 1.165) is 24.2 Å². The molecule has 9 atom stereocenters. The van der Waals surface area contributed by atoms with E-state index < -0.39 is 6.29 Å². The Morgan fingerprint density at radius 2 is 1.92 bits per heavy atom. The Morgan fingerprint density at radius 3 is 2.76 bits per heavy atom. The van der Waals surface area contributed by atoms with Gasteiger partial charge >= 0.3 is 5.97 Å². The van der Waals surface area contributed by atoms with Crippen molar-refractivity contribution in [3.8, 4) is 0 Å². The van der Waals surface area contributed by atoms with E-state index in [1.807, 2.05) is 6.08 Å².